The maximum absolute atomic E-state index is 5.92. The zero-order valence-electron chi connectivity index (χ0n) is 12.8. The minimum atomic E-state index is 0.382. The third kappa shape index (κ3) is 4.50. The molecular formula is C18H24N2O. The second-order valence-electron chi connectivity index (χ2n) is 5.27. The summed E-state index contributed by atoms with van der Waals surface area (Å²) in [5, 5.41) is 3.55. The molecule has 0 bridgehead atoms. The molecule has 0 saturated heterocycles. The minimum Gasteiger partial charge on any atom is -0.495 e. The summed E-state index contributed by atoms with van der Waals surface area (Å²) in [5.74, 6) is 0.745. The number of aryl methyl sites for hydroxylation is 1. The zero-order chi connectivity index (χ0) is 15.1. The fraction of sp³-hybridized carbons (Fsp3) is 0.333. The Morgan fingerprint density at radius 3 is 2.57 bits per heavy atom. The molecule has 0 amide bonds. The Balaban J connectivity index is 1.76. The second-order valence-corrected chi connectivity index (χ2v) is 5.27. The quantitative estimate of drug-likeness (QED) is 0.603. The molecule has 2 aromatic carbocycles. The van der Waals surface area contributed by atoms with Crippen LogP contribution in [0.2, 0.25) is 0 Å². The molecule has 2 aromatic rings. The average molecular weight is 284 g/mol. The van der Waals surface area contributed by atoms with Gasteiger partial charge in [-0.2, -0.15) is 0 Å². The predicted molar refractivity (Wildman–Crippen MR) is 88.6 cm³/mol. The van der Waals surface area contributed by atoms with Crippen molar-refractivity contribution in [3.63, 3.8) is 0 Å². The molecule has 0 radical (unpaired) electrons. The third-order valence-electron chi connectivity index (χ3n) is 3.69. The number of nitrogens with two attached hydrogens (primary N) is 1. The number of rotatable bonds is 7. The first-order chi connectivity index (χ1) is 10.2. The number of hydrogen-bond donors (Lipinski definition) is 2. The summed E-state index contributed by atoms with van der Waals surface area (Å²) in [6, 6.07) is 16.9. The van der Waals surface area contributed by atoms with E-state index in [4.69, 9.17) is 10.5 Å². The van der Waals surface area contributed by atoms with Crippen LogP contribution in [0.1, 0.15) is 30.5 Å². The molecule has 3 N–H and O–H groups in total. The molecule has 21 heavy (non-hydrogen) atoms. The number of methoxy groups -OCH3 is 1. The van der Waals surface area contributed by atoms with Crippen LogP contribution < -0.4 is 15.8 Å². The lowest BCUT2D eigenvalue weighted by atomic mass is 10.1. The van der Waals surface area contributed by atoms with E-state index in [1.54, 1.807) is 7.11 Å². The van der Waals surface area contributed by atoms with Crippen LogP contribution in [-0.2, 0) is 6.42 Å². The van der Waals surface area contributed by atoms with Gasteiger partial charge in [0.2, 0.25) is 0 Å². The lowest BCUT2D eigenvalue weighted by molar-refractivity contribution is 0.417. The molecule has 2 rings (SSSR count). The highest BCUT2D eigenvalue weighted by Crippen LogP contribution is 2.22. The summed E-state index contributed by atoms with van der Waals surface area (Å²) in [6.07, 6.45) is 2.10. The van der Waals surface area contributed by atoms with E-state index in [0.29, 0.717) is 11.7 Å². The Morgan fingerprint density at radius 2 is 1.90 bits per heavy atom. The Labute approximate surface area is 127 Å². The summed E-state index contributed by atoms with van der Waals surface area (Å²) >= 11 is 0. The van der Waals surface area contributed by atoms with Crippen LogP contribution in [0.25, 0.3) is 0 Å². The van der Waals surface area contributed by atoms with Gasteiger partial charge in [0.15, 0.2) is 0 Å². The van der Waals surface area contributed by atoms with Gasteiger partial charge in [-0.05, 0) is 49.6 Å². The number of hydrogen-bond acceptors (Lipinski definition) is 3. The molecular weight excluding hydrogens is 260 g/mol. The van der Waals surface area contributed by atoms with Gasteiger partial charge in [0, 0.05) is 6.04 Å². The van der Waals surface area contributed by atoms with Gasteiger partial charge in [0.25, 0.3) is 0 Å². The molecule has 0 aliphatic rings. The van der Waals surface area contributed by atoms with Crippen molar-refractivity contribution in [1.82, 2.24) is 5.32 Å². The van der Waals surface area contributed by atoms with Crippen molar-refractivity contribution in [3.05, 3.63) is 59.7 Å². The summed E-state index contributed by atoms with van der Waals surface area (Å²) in [4.78, 5) is 0. The van der Waals surface area contributed by atoms with Crippen LogP contribution in [-0.4, -0.2) is 13.7 Å². The van der Waals surface area contributed by atoms with Gasteiger partial charge >= 0.3 is 0 Å². The van der Waals surface area contributed by atoms with Crippen LogP contribution in [0.4, 0.5) is 5.69 Å². The van der Waals surface area contributed by atoms with Gasteiger partial charge in [-0.1, -0.05) is 36.4 Å². The van der Waals surface area contributed by atoms with E-state index in [-0.39, 0.29) is 0 Å². The van der Waals surface area contributed by atoms with Gasteiger partial charge in [-0.15, -0.1) is 0 Å². The van der Waals surface area contributed by atoms with E-state index in [1.165, 1.54) is 11.1 Å². The first-order valence-corrected chi connectivity index (χ1v) is 7.41. The monoisotopic (exact) mass is 284 g/mol. The van der Waals surface area contributed by atoms with Crippen molar-refractivity contribution in [2.45, 2.75) is 25.8 Å². The smallest absolute Gasteiger partial charge is 0.141 e. The number of nitrogen functional groups attached to an aromatic ring is 1. The molecule has 0 fully saturated rings. The van der Waals surface area contributed by atoms with Crippen molar-refractivity contribution < 1.29 is 4.74 Å². The first-order valence-electron chi connectivity index (χ1n) is 7.41. The maximum atomic E-state index is 5.92. The Hall–Kier alpha value is -2.00. The normalized spacial score (nSPS) is 12.1. The lowest BCUT2D eigenvalue weighted by Gasteiger charge is -2.14. The van der Waals surface area contributed by atoms with Gasteiger partial charge in [-0.3, -0.25) is 0 Å². The van der Waals surface area contributed by atoms with E-state index in [0.717, 1.165) is 25.1 Å². The highest BCUT2D eigenvalue weighted by molar-refractivity contribution is 5.54. The summed E-state index contributed by atoms with van der Waals surface area (Å²) in [5.41, 5.74) is 9.21. The van der Waals surface area contributed by atoms with Gasteiger partial charge in [0.05, 0.1) is 12.8 Å². The molecule has 3 nitrogen and oxygen atoms in total. The van der Waals surface area contributed by atoms with E-state index in [1.807, 2.05) is 18.2 Å². The average Bonchev–Trinajstić information content (AvgIpc) is 2.52. The fourth-order valence-electron chi connectivity index (χ4n) is 2.41. The highest BCUT2D eigenvalue weighted by Gasteiger charge is 2.04. The summed E-state index contributed by atoms with van der Waals surface area (Å²) < 4.78 is 5.17. The van der Waals surface area contributed by atoms with Crippen LogP contribution in [0.15, 0.2) is 48.5 Å². The van der Waals surface area contributed by atoms with E-state index in [9.17, 15) is 0 Å². The molecule has 0 aliphatic carbocycles. The topological polar surface area (TPSA) is 47.3 Å². The highest BCUT2D eigenvalue weighted by atomic mass is 16.5. The van der Waals surface area contributed by atoms with Crippen molar-refractivity contribution in [1.29, 1.82) is 0 Å². The van der Waals surface area contributed by atoms with E-state index in [2.05, 4.69) is 42.6 Å². The van der Waals surface area contributed by atoms with Crippen molar-refractivity contribution in [3.8, 4) is 5.75 Å². The molecule has 1 atom stereocenters. The van der Waals surface area contributed by atoms with Crippen molar-refractivity contribution in [2.24, 2.45) is 0 Å². The maximum Gasteiger partial charge on any atom is 0.141 e. The van der Waals surface area contributed by atoms with Crippen LogP contribution in [0, 0.1) is 0 Å². The first kappa shape index (κ1) is 15.4. The number of ether oxygens (including phenoxy) is 1. The Bertz CT molecular complexity index is 554. The largest absolute Gasteiger partial charge is 0.495 e. The standard InChI is InChI=1S/C18H24N2O/c1-14(16-8-4-3-5-9-16)20-12-6-7-15-10-11-18(21-2)17(19)13-15/h3-5,8-11,13-14,20H,6-7,12,19H2,1-2H3. The lowest BCUT2D eigenvalue weighted by Crippen LogP contribution is -2.20. The minimum absolute atomic E-state index is 0.382. The SMILES string of the molecule is COc1ccc(CCCNC(C)c2ccccc2)cc1N. The van der Waals surface area contributed by atoms with Crippen LogP contribution in [0.5, 0.6) is 5.75 Å². The van der Waals surface area contributed by atoms with Gasteiger partial charge in [0.1, 0.15) is 5.75 Å². The number of nitrogens with one attached hydrogen (secondary N) is 1. The van der Waals surface area contributed by atoms with E-state index >= 15 is 0 Å². The van der Waals surface area contributed by atoms with Crippen LogP contribution in [0.3, 0.4) is 0 Å². The Kier molecular flexibility index (Phi) is 5.64. The van der Waals surface area contributed by atoms with Crippen molar-refractivity contribution >= 4 is 5.69 Å². The third-order valence-corrected chi connectivity index (χ3v) is 3.69. The molecule has 0 spiro atoms. The molecule has 0 aliphatic heterocycles. The van der Waals surface area contributed by atoms with Crippen LogP contribution >= 0.6 is 0 Å². The number of anilines is 1. The molecule has 0 aromatic heterocycles. The molecule has 112 valence electrons. The van der Waals surface area contributed by atoms with E-state index < -0.39 is 0 Å². The Morgan fingerprint density at radius 1 is 1.14 bits per heavy atom. The second kappa shape index (κ2) is 7.70. The molecule has 3 heteroatoms. The molecule has 0 heterocycles. The summed E-state index contributed by atoms with van der Waals surface area (Å²) in [6.45, 7) is 3.18. The van der Waals surface area contributed by atoms with Gasteiger partial charge < -0.3 is 15.8 Å². The molecule has 0 saturated carbocycles. The molecule has 1 unspecified atom stereocenters. The van der Waals surface area contributed by atoms with Crippen molar-refractivity contribution in [2.75, 3.05) is 19.4 Å². The fourth-order valence-corrected chi connectivity index (χ4v) is 2.41. The number of benzene rings is 2. The predicted octanol–water partition coefficient (Wildman–Crippen LogP) is 3.56. The summed E-state index contributed by atoms with van der Waals surface area (Å²) in [7, 11) is 1.64. The zero-order valence-corrected chi connectivity index (χ0v) is 12.8. The van der Waals surface area contributed by atoms with Gasteiger partial charge in [-0.25, -0.2) is 0 Å².